The normalized spacial score (nSPS) is 10.7. The van der Waals surface area contributed by atoms with Crippen molar-refractivity contribution >= 4 is 23.2 Å². The first-order valence-electron chi connectivity index (χ1n) is 6.50. The summed E-state index contributed by atoms with van der Waals surface area (Å²) in [5, 5.41) is 10.4. The second kappa shape index (κ2) is 4.90. The maximum absolute atomic E-state index is 11.7. The van der Waals surface area contributed by atoms with E-state index in [1.54, 1.807) is 35.9 Å². The number of benzene rings is 2. The average Bonchev–Trinajstić information content (AvgIpc) is 2.81. The number of hydrogen-bond acceptors (Lipinski definition) is 2. The second-order valence-electron chi connectivity index (χ2n) is 4.81. The van der Waals surface area contributed by atoms with Crippen molar-refractivity contribution in [2.24, 2.45) is 7.05 Å². The molecule has 0 spiro atoms. The Balaban J connectivity index is 2.49. The summed E-state index contributed by atoms with van der Waals surface area (Å²) in [6.45, 7) is 0. The van der Waals surface area contributed by atoms with Gasteiger partial charge in [-0.25, -0.2) is 4.79 Å². The van der Waals surface area contributed by atoms with Gasteiger partial charge in [0, 0.05) is 29.1 Å². The fourth-order valence-electron chi connectivity index (χ4n) is 2.74. The van der Waals surface area contributed by atoms with Crippen LogP contribution in [-0.4, -0.2) is 21.9 Å². The Hall–Kier alpha value is -2.88. The highest BCUT2D eigenvalue weighted by molar-refractivity contribution is 6.10. The van der Waals surface area contributed by atoms with E-state index in [0.717, 1.165) is 17.2 Å². The van der Waals surface area contributed by atoms with Crippen LogP contribution in [0, 0.1) is 0 Å². The van der Waals surface area contributed by atoms with E-state index >= 15 is 0 Å². The first-order chi connectivity index (χ1) is 10.1. The number of rotatable bonds is 3. The van der Waals surface area contributed by atoms with Crippen molar-refractivity contribution in [3.63, 3.8) is 0 Å². The number of aldehydes is 1. The van der Waals surface area contributed by atoms with Gasteiger partial charge < -0.3 is 9.67 Å². The first kappa shape index (κ1) is 13.1. The number of carboxylic acids is 1. The summed E-state index contributed by atoms with van der Waals surface area (Å²) >= 11 is 0. The zero-order valence-electron chi connectivity index (χ0n) is 11.4. The van der Waals surface area contributed by atoms with Crippen molar-refractivity contribution in [3.05, 3.63) is 59.8 Å². The van der Waals surface area contributed by atoms with Crippen molar-refractivity contribution in [3.8, 4) is 11.1 Å². The Bertz CT molecular complexity index is 862. The predicted molar refractivity (Wildman–Crippen MR) is 80.7 cm³/mol. The maximum Gasteiger partial charge on any atom is 0.353 e. The fourth-order valence-corrected chi connectivity index (χ4v) is 2.74. The molecule has 0 aliphatic rings. The summed E-state index contributed by atoms with van der Waals surface area (Å²) < 4.78 is 1.65. The van der Waals surface area contributed by atoms with Gasteiger partial charge in [-0.2, -0.15) is 0 Å². The number of hydrogen-bond donors (Lipinski definition) is 1. The molecule has 0 aliphatic heterocycles. The van der Waals surface area contributed by atoms with E-state index in [0.29, 0.717) is 16.7 Å². The van der Waals surface area contributed by atoms with Crippen LogP contribution in [0.2, 0.25) is 0 Å². The molecule has 3 aromatic rings. The highest BCUT2D eigenvalue weighted by Gasteiger charge is 2.22. The van der Waals surface area contributed by atoms with Gasteiger partial charge in [0.15, 0.2) is 6.29 Å². The lowest BCUT2D eigenvalue weighted by Gasteiger charge is -2.06. The van der Waals surface area contributed by atoms with Crippen molar-refractivity contribution in [1.29, 1.82) is 0 Å². The number of nitrogens with zero attached hydrogens (tertiary/aromatic N) is 1. The van der Waals surface area contributed by atoms with Gasteiger partial charge >= 0.3 is 5.97 Å². The van der Waals surface area contributed by atoms with Crippen molar-refractivity contribution in [2.75, 3.05) is 0 Å². The molecule has 0 saturated heterocycles. The predicted octanol–water partition coefficient (Wildman–Crippen LogP) is 3.36. The maximum atomic E-state index is 11.7. The van der Waals surface area contributed by atoms with Crippen LogP contribution in [0.4, 0.5) is 0 Å². The van der Waals surface area contributed by atoms with Crippen molar-refractivity contribution < 1.29 is 14.7 Å². The van der Waals surface area contributed by atoms with Crippen LogP contribution in [0.5, 0.6) is 0 Å². The topological polar surface area (TPSA) is 59.3 Å². The van der Waals surface area contributed by atoms with E-state index in [4.69, 9.17) is 0 Å². The number of para-hydroxylation sites is 1. The average molecular weight is 279 g/mol. The molecule has 1 aromatic heterocycles. The lowest BCUT2D eigenvalue weighted by molar-refractivity contribution is 0.0687. The van der Waals surface area contributed by atoms with Crippen LogP contribution in [0.1, 0.15) is 20.8 Å². The van der Waals surface area contributed by atoms with Gasteiger partial charge in [0.05, 0.1) is 0 Å². The molecule has 0 fully saturated rings. The molecule has 21 heavy (non-hydrogen) atoms. The molecule has 3 rings (SSSR count). The Morgan fingerprint density at radius 3 is 2.48 bits per heavy atom. The van der Waals surface area contributed by atoms with E-state index in [2.05, 4.69) is 0 Å². The molecule has 2 aromatic carbocycles. The largest absolute Gasteiger partial charge is 0.477 e. The molecule has 0 saturated carbocycles. The van der Waals surface area contributed by atoms with Crippen LogP contribution < -0.4 is 0 Å². The molecule has 4 heteroatoms. The third kappa shape index (κ3) is 1.92. The summed E-state index contributed by atoms with van der Waals surface area (Å²) in [6.07, 6.45) is 0.753. The Morgan fingerprint density at radius 1 is 1.10 bits per heavy atom. The summed E-state index contributed by atoms with van der Waals surface area (Å²) in [7, 11) is 1.72. The molecule has 0 unspecified atom stereocenters. The number of aryl methyl sites for hydroxylation is 1. The smallest absolute Gasteiger partial charge is 0.353 e. The van der Waals surface area contributed by atoms with Gasteiger partial charge in [-0.15, -0.1) is 0 Å². The number of carbonyl (C=O) groups is 2. The zero-order chi connectivity index (χ0) is 15.0. The fraction of sp³-hybridized carbons (Fsp3) is 0.0588. The number of carbonyl (C=O) groups excluding carboxylic acids is 1. The number of aromatic carboxylic acids is 1. The van der Waals surface area contributed by atoms with Gasteiger partial charge in [-0.1, -0.05) is 42.5 Å². The van der Waals surface area contributed by atoms with Crippen LogP contribution in [0.15, 0.2) is 48.5 Å². The summed E-state index contributed by atoms with van der Waals surface area (Å²) in [5.74, 6) is -1.01. The molecule has 0 amide bonds. The highest BCUT2D eigenvalue weighted by Crippen LogP contribution is 2.35. The van der Waals surface area contributed by atoms with E-state index in [-0.39, 0.29) is 5.69 Å². The second-order valence-corrected chi connectivity index (χ2v) is 4.81. The van der Waals surface area contributed by atoms with Gasteiger partial charge in [-0.3, -0.25) is 4.79 Å². The summed E-state index contributed by atoms with van der Waals surface area (Å²) in [4.78, 5) is 22.9. The first-order valence-corrected chi connectivity index (χ1v) is 6.50. The quantitative estimate of drug-likeness (QED) is 0.748. The van der Waals surface area contributed by atoms with Gasteiger partial charge in [0.2, 0.25) is 0 Å². The van der Waals surface area contributed by atoms with Crippen LogP contribution in [-0.2, 0) is 7.05 Å². The molecule has 4 nitrogen and oxygen atoms in total. The summed E-state index contributed by atoms with van der Waals surface area (Å²) in [6, 6.07) is 14.5. The molecule has 0 aliphatic carbocycles. The molecule has 104 valence electrons. The monoisotopic (exact) mass is 279 g/mol. The molecule has 0 atom stereocenters. The molecular formula is C17H13NO3. The van der Waals surface area contributed by atoms with Crippen LogP contribution in [0.3, 0.4) is 0 Å². The van der Waals surface area contributed by atoms with Gasteiger partial charge in [0.25, 0.3) is 0 Å². The molecular weight excluding hydrogens is 266 g/mol. The Labute approximate surface area is 121 Å². The number of aromatic nitrogens is 1. The van der Waals surface area contributed by atoms with Crippen LogP contribution in [0.25, 0.3) is 22.0 Å². The van der Waals surface area contributed by atoms with E-state index < -0.39 is 5.97 Å². The lowest BCUT2D eigenvalue weighted by atomic mass is 9.97. The van der Waals surface area contributed by atoms with E-state index in [1.165, 1.54) is 0 Å². The molecule has 0 bridgehead atoms. The standard InChI is InChI=1S/C17H13NO3/c1-18-14-9-5-4-8-13(14)15(16(18)17(20)21)12-7-3-2-6-11(12)10-19/h2-10H,1H3,(H,20,21). The Kier molecular flexibility index (Phi) is 3.06. The van der Waals surface area contributed by atoms with Gasteiger partial charge in [-0.05, 0) is 11.6 Å². The highest BCUT2D eigenvalue weighted by atomic mass is 16.4. The van der Waals surface area contributed by atoms with Gasteiger partial charge in [0.1, 0.15) is 5.69 Å². The SMILES string of the molecule is Cn1c(C(=O)O)c(-c2ccccc2C=O)c2ccccc21. The minimum Gasteiger partial charge on any atom is -0.477 e. The Morgan fingerprint density at radius 2 is 1.76 bits per heavy atom. The lowest BCUT2D eigenvalue weighted by Crippen LogP contribution is -2.06. The minimum absolute atomic E-state index is 0.186. The summed E-state index contributed by atoms with van der Waals surface area (Å²) in [5.41, 5.74) is 2.72. The molecule has 1 N–H and O–H groups in total. The van der Waals surface area contributed by atoms with E-state index in [9.17, 15) is 14.7 Å². The zero-order valence-corrected chi connectivity index (χ0v) is 11.4. The molecule has 1 heterocycles. The number of carboxylic acid groups (broad SMARTS) is 1. The van der Waals surface area contributed by atoms with Crippen molar-refractivity contribution in [2.45, 2.75) is 0 Å². The number of fused-ring (bicyclic) bond motifs is 1. The van der Waals surface area contributed by atoms with Crippen LogP contribution >= 0.6 is 0 Å². The van der Waals surface area contributed by atoms with E-state index in [1.807, 2.05) is 24.3 Å². The van der Waals surface area contributed by atoms with Crippen molar-refractivity contribution in [1.82, 2.24) is 4.57 Å². The molecule has 0 radical (unpaired) electrons. The minimum atomic E-state index is -1.01. The third-order valence-electron chi connectivity index (χ3n) is 3.67. The third-order valence-corrected chi connectivity index (χ3v) is 3.67.